The summed E-state index contributed by atoms with van der Waals surface area (Å²) in [6, 6.07) is 13.8. The highest BCUT2D eigenvalue weighted by Gasteiger charge is 2.19. The van der Waals surface area contributed by atoms with Gasteiger partial charge in [0.1, 0.15) is 5.82 Å². The lowest BCUT2D eigenvalue weighted by atomic mass is 10.0. The molecule has 3 heterocycles. The first-order chi connectivity index (χ1) is 16.8. The number of hydrogen-bond acceptors (Lipinski definition) is 7. The summed E-state index contributed by atoms with van der Waals surface area (Å²) in [7, 11) is 2.19. The second-order valence-electron chi connectivity index (χ2n) is 8.70. The first-order valence-electron chi connectivity index (χ1n) is 11.7. The van der Waals surface area contributed by atoms with Gasteiger partial charge in [0.15, 0.2) is 6.29 Å². The molecule has 7 nitrogen and oxygen atoms in total. The fourth-order valence-electron chi connectivity index (χ4n) is 3.83. The molecule has 2 aromatic heterocycles. The molecule has 1 fully saturated rings. The van der Waals surface area contributed by atoms with Gasteiger partial charge in [0, 0.05) is 48.8 Å². The van der Waals surface area contributed by atoms with Gasteiger partial charge in [-0.25, -0.2) is 14.4 Å². The summed E-state index contributed by atoms with van der Waals surface area (Å²) in [4.78, 5) is 29.0. The standard InChI is InChI=1S/C14H11FN2O.C13H22N4/c15-12-6-2-1-5-10(12)14(16)11(9-18)13-7-3-4-8-17-13;1-10-9-11(2)15-13(14-10)17-6-5-12(3)16(4)7-8-17/h1-9H,16H2;9,12H,5-8H2,1-4H3/b14-11-;. The number of pyridine rings is 1. The van der Waals surface area contributed by atoms with Crippen molar-refractivity contribution in [1.82, 2.24) is 19.9 Å². The van der Waals surface area contributed by atoms with Crippen LogP contribution < -0.4 is 10.6 Å². The van der Waals surface area contributed by atoms with Gasteiger partial charge in [-0.15, -0.1) is 0 Å². The van der Waals surface area contributed by atoms with E-state index in [9.17, 15) is 9.18 Å². The molecule has 1 aliphatic rings. The highest BCUT2D eigenvalue weighted by Crippen LogP contribution is 2.21. The van der Waals surface area contributed by atoms with Crippen LogP contribution in [-0.4, -0.2) is 58.9 Å². The molecule has 0 saturated carbocycles. The minimum absolute atomic E-state index is 0.0850. The SMILES string of the molecule is Cc1cc(C)nc(N2CCC(C)N(C)CC2)n1.N/C(=C(/C=O)c1ccccn1)c1ccccc1F. The topological polar surface area (TPSA) is 88.2 Å². The molecule has 1 saturated heterocycles. The third-order valence-electron chi connectivity index (χ3n) is 6.06. The number of aromatic nitrogens is 3. The molecule has 0 amide bonds. The molecule has 0 bridgehead atoms. The number of likely N-dealkylation sites (N-methyl/N-ethyl adjacent to an activating group) is 1. The van der Waals surface area contributed by atoms with E-state index in [2.05, 4.69) is 38.7 Å². The van der Waals surface area contributed by atoms with Crippen molar-refractivity contribution in [3.05, 3.63) is 83.2 Å². The number of anilines is 1. The van der Waals surface area contributed by atoms with Crippen LogP contribution in [0.3, 0.4) is 0 Å². The lowest BCUT2D eigenvalue weighted by molar-refractivity contribution is -0.103. The van der Waals surface area contributed by atoms with Gasteiger partial charge in [-0.2, -0.15) is 0 Å². The average molecular weight is 477 g/mol. The second kappa shape index (κ2) is 12.2. The van der Waals surface area contributed by atoms with Gasteiger partial charge in [0.05, 0.1) is 17.0 Å². The molecule has 0 radical (unpaired) electrons. The average Bonchev–Trinajstić information content (AvgIpc) is 3.01. The van der Waals surface area contributed by atoms with Crippen LogP contribution in [0.4, 0.5) is 10.3 Å². The highest BCUT2D eigenvalue weighted by atomic mass is 19.1. The van der Waals surface area contributed by atoms with Crippen molar-refractivity contribution in [3.8, 4) is 0 Å². The van der Waals surface area contributed by atoms with Gasteiger partial charge < -0.3 is 15.5 Å². The van der Waals surface area contributed by atoms with E-state index in [1.54, 1.807) is 36.5 Å². The van der Waals surface area contributed by atoms with Crippen molar-refractivity contribution < 1.29 is 9.18 Å². The third-order valence-corrected chi connectivity index (χ3v) is 6.06. The maximum atomic E-state index is 13.6. The lowest BCUT2D eigenvalue weighted by Gasteiger charge is -2.21. The van der Waals surface area contributed by atoms with Crippen LogP contribution >= 0.6 is 0 Å². The summed E-state index contributed by atoms with van der Waals surface area (Å²) in [6.07, 6.45) is 3.31. The Labute approximate surface area is 206 Å². The van der Waals surface area contributed by atoms with E-state index in [1.807, 2.05) is 19.9 Å². The highest BCUT2D eigenvalue weighted by molar-refractivity contribution is 6.15. The molecule has 1 unspecified atom stereocenters. The van der Waals surface area contributed by atoms with E-state index < -0.39 is 5.82 Å². The number of aldehydes is 1. The minimum atomic E-state index is -0.467. The van der Waals surface area contributed by atoms with Gasteiger partial charge in [-0.1, -0.05) is 18.2 Å². The molecule has 35 heavy (non-hydrogen) atoms. The molecule has 3 aromatic rings. The van der Waals surface area contributed by atoms with E-state index in [0.29, 0.717) is 18.0 Å². The van der Waals surface area contributed by atoms with Crippen molar-refractivity contribution >= 4 is 23.5 Å². The Bertz CT molecular complexity index is 1140. The van der Waals surface area contributed by atoms with Crippen molar-refractivity contribution in [3.63, 3.8) is 0 Å². The Hall–Kier alpha value is -3.65. The molecule has 1 aliphatic heterocycles. The van der Waals surface area contributed by atoms with E-state index in [-0.39, 0.29) is 16.8 Å². The number of nitrogens with two attached hydrogens (primary N) is 1. The Morgan fingerprint density at radius 3 is 2.37 bits per heavy atom. The van der Waals surface area contributed by atoms with Crippen molar-refractivity contribution in [1.29, 1.82) is 0 Å². The molecule has 0 aliphatic carbocycles. The molecule has 1 atom stereocenters. The van der Waals surface area contributed by atoms with Crippen LogP contribution in [0.2, 0.25) is 0 Å². The van der Waals surface area contributed by atoms with Crippen LogP contribution in [0.15, 0.2) is 54.7 Å². The van der Waals surface area contributed by atoms with Gasteiger partial charge in [0.2, 0.25) is 5.95 Å². The Balaban J connectivity index is 0.000000196. The summed E-state index contributed by atoms with van der Waals surface area (Å²) >= 11 is 0. The van der Waals surface area contributed by atoms with E-state index in [4.69, 9.17) is 5.73 Å². The van der Waals surface area contributed by atoms with Gasteiger partial charge in [0.25, 0.3) is 0 Å². The predicted octanol–water partition coefficient (Wildman–Crippen LogP) is 3.87. The minimum Gasteiger partial charge on any atom is -0.398 e. The summed E-state index contributed by atoms with van der Waals surface area (Å²) < 4.78 is 13.6. The van der Waals surface area contributed by atoms with Gasteiger partial charge in [-0.3, -0.25) is 9.78 Å². The molecule has 0 spiro atoms. The van der Waals surface area contributed by atoms with E-state index >= 15 is 0 Å². The second-order valence-corrected chi connectivity index (χ2v) is 8.70. The normalized spacial score (nSPS) is 17.1. The Morgan fingerprint density at radius 1 is 1.06 bits per heavy atom. The fraction of sp³-hybridized carbons (Fsp3) is 0.333. The number of allylic oxidation sites excluding steroid dienone is 1. The largest absolute Gasteiger partial charge is 0.398 e. The number of carbonyl (C=O) groups is 1. The van der Waals surface area contributed by atoms with Gasteiger partial charge >= 0.3 is 0 Å². The summed E-state index contributed by atoms with van der Waals surface area (Å²) in [5, 5.41) is 0. The fourth-order valence-corrected chi connectivity index (χ4v) is 3.83. The maximum Gasteiger partial charge on any atom is 0.225 e. The predicted molar refractivity (Wildman–Crippen MR) is 138 cm³/mol. The number of hydrogen-bond donors (Lipinski definition) is 1. The van der Waals surface area contributed by atoms with Crippen LogP contribution in [0.1, 0.15) is 36.0 Å². The third kappa shape index (κ3) is 6.93. The zero-order valence-corrected chi connectivity index (χ0v) is 20.8. The van der Waals surface area contributed by atoms with Crippen molar-refractivity contribution in [2.24, 2.45) is 5.73 Å². The number of nitrogens with zero attached hydrogens (tertiary/aromatic N) is 5. The first kappa shape index (κ1) is 26.0. The van der Waals surface area contributed by atoms with E-state index in [0.717, 1.165) is 37.0 Å². The number of halogens is 1. The lowest BCUT2D eigenvalue weighted by Crippen LogP contribution is -2.31. The van der Waals surface area contributed by atoms with E-state index in [1.165, 1.54) is 18.6 Å². The summed E-state index contributed by atoms with van der Waals surface area (Å²) in [6.45, 7) is 9.50. The first-order valence-corrected chi connectivity index (χ1v) is 11.7. The number of benzene rings is 1. The molecular weight excluding hydrogens is 443 g/mol. The zero-order valence-electron chi connectivity index (χ0n) is 20.8. The molecule has 4 rings (SSSR count). The number of aryl methyl sites for hydroxylation is 2. The van der Waals surface area contributed by atoms with Crippen LogP contribution in [0.5, 0.6) is 0 Å². The quantitative estimate of drug-likeness (QED) is 0.452. The van der Waals surface area contributed by atoms with Crippen LogP contribution in [-0.2, 0) is 4.79 Å². The molecule has 1 aromatic carbocycles. The Kier molecular flexibility index (Phi) is 9.03. The monoisotopic (exact) mass is 476 g/mol. The molecular formula is C27H33FN6O. The van der Waals surface area contributed by atoms with Crippen LogP contribution in [0, 0.1) is 19.7 Å². The van der Waals surface area contributed by atoms with Crippen molar-refractivity contribution in [2.45, 2.75) is 33.2 Å². The Morgan fingerprint density at radius 2 is 1.74 bits per heavy atom. The van der Waals surface area contributed by atoms with Crippen molar-refractivity contribution in [2.75, 3.05) is 31.6 Å². The summed E-state index contributed by atoms with van der Waals surface area (Å²) in [5.74, 6) is 0.426. The number of carbonyl (C=O) groups excluding carboxylic acids is 1. The maximum absolute atomic E-state index is 13.6. The molecule has 8 heteroatoms. The zero-order chi connectivity index (χ0) is 25.4. The molecule has 184 valence electrons. The summed E-state index contributed by atoms with van der Waals surface area (Å²) in [5.41, 5.74) is 8.85. The van der Waals surface area contributed by atoms with Crippen LogP contribution in [0.25, 0.3) is 11.3 Å². The smallest absolute Gasteiger partial charge is 0.225 e. The van der Waals surface area contributed by atoms with Gasteiger partial charge in [-0.05, 0) is 64.6 Å². The number of rotatable bonds is 4. The molecule has 2 N–H and O–H groups in total.